The molecule has 0 saturated carbocycles. The van der Waals surface area contributed by atoms with E-state index in [9.17, 15) is 14.9 Å². The molecule has 0 saturated heterocycles. The molecule has 0 aliphatic heterocycles. The summed E-state index contributed by atoms with van der Waals surface area (Å²) < 4.78 is 0. The Morgan fingerprint density at radius 2 is 2.26 bits per heavy atom. The van der Waals surface area contributed by atoms with Gasteiger partial charge in [-0.25, -0.2) is 4.79 Å². The van der Waals surface area contributed by atoms with Crippen molar-refractivity contribution >= 4 is 28.9 Å². The average molecular weight is 285 g/mol. The van der Waals surface area contributed by atoms with Crippen molar-refractivity contribution in [2.24, 2.45) is 0 Å². The van der Waals surface area contributed by atoms with Crippen LogP contribution in [0.25, 0.3) is 0 Å². The molecule has 2 N–H and O–H groups in total. The van der Waals surface area contributed by atoms with E-state index in [4.69, 9.17) is 16.7 Å². The lowest BCUT2D eigenvalue weighted by Gasteiger charge is -2.10. The van der Waals surface area contributed by atoms with Crippen LogP contribution >= 0.6 is 11.6 Å². The highest BCUT2D eigenvalue weighted by Gasteiger charge is 2.19. The molecule has 0 aliphatic carbocycles. The molecule has 0 bridgehead atoms. The zero-order chi connectivity index (χ0) is 14.4. The number of carbonyl (C=O) groups is 1. The number of benzene rings is 1. The van der Waals surface area contributed by atoms with E-state index in [1.807, 2.05) is 19.1 Å². The monoisotopic (exact) mass is 284 g/mol. The Balaban J connectivity index is 3.08. The molecule has 19 heavy (non-hydrogen) atoms. The van der Waals surface area contributed by atoms with Crippen LogP contribution in [0.2, 0.25) is 5.02 Å². The van der Waals surface area contributed by atoms with Crippen molar-refractivity contribution < 1.29 is 14.8 Å². The average Bonchev–Trinajstić information content (AvgIpc) is 2.35. The van der Waals surface area contributed by atoms with Crippen LogP contribution in [0, 0.1) is 10.1 Å². The minimum atomic E-state index is -1.26. The summed E-state index contributed by atoms with van der Waals surface area (Å²) in [5.41, 5.74) is -0.356. The fraction of sp³-hybridized carbons (Fsp3) is 0.250. The van der Waals surface area contributed by atoms with Gasteiger partial charge in [0.25, 0.3) is 5.69 Å². The van der Waals surface area contributed by atoms with Crippen LogP contribution in [0.4, 0.5) is 11.4 Å². The summed E-state index contributed by atoms with van der Waals surface area (Å²) in [4.78, 5) is 21.1. The molecule has 1 rings (SSSR count). The fourth-order valence-electron chi connectivity index (χ4n) is 1.49. The van der Waals surface area contributed by atoms with Crippen LogP contribution in [0.5, 0.6) is 0 Å². The van der Waals surface area contributed by atoms with Crippen LogP contribution < -0.4 is 5.32 Å². The number of nitro groups is 1. The first-order valence-corrected chi connectivity index (χ1v) is 5.91. The molecule has 0 radical (unpaired) electrons. The largest absolute Gasteiger partial charge is 0.478 e. The van der Waals surface area contributed by atoms with Gasteiger partial charge in [-0.1, -0.05) is 23.8 Å². The Bertz CT molecular complexity index is 529. The molecule has 0 heterocycles. The van der Waals surface area contributed by atoms with Crippen molar-refractivity contribution in [2.75, 3.05) is 11.9 Å². The summed E-state index contributed by atoms with van der Waals surface area (Å²) in [6, 6.07) is 2.12. The molecule has 7 heteroatoms. The van der Waals surface area contributed by atoms with E-state index in [1.165, 1.54) is 0 Å². The van der Waals surface area contributed by atoms with Gasteiger partial charge in [-0.05, 0) is 13.3 Å². The van der Waals surface area contributed by atoms with Crippen molar-refractivity contribution in [2.45, 2.75) is 13.3 Å². The molecule has 0 unspecified atom stereocenters. The predicted molar refractivity (Wildman–Crippen MR) is 73.0 cm³/mol. The van der Waals surface area contributed by atoms with Gasteiger partial charge in [-0.15, -0.1) is 0 Å². The van der Waals surface area contributed by atoms with Crippen LogP contribution in [0.1, 0.15) is 23.7 Å². The maximum Gasteiger partial charge on any atom is 0.338 e. The first-order chi connectivity index (χ1) is 8.97. The minimum absolute atomic E-state index is 0.0204. The highest BCUT2D eigenvalue weighted by molar-refractivity contribution is 6.34. The molecule has 6 nitrogen and oxygen atoms in total. The number of allylic oxidation sites excluding steroid dienone is 1. The number of non-ortho nitro benzene ring substituents is 1. The number of nitrogens with zero attached hydrogens (tertiary/aromatic N) is 1. The maximum atomic E-state index is 11.1. The Kier molecular flexibility index (Phi) is 5.32. The SMILES string of the molecule is C/C=C/CCNc1c(Cl)cc([N+](=O)[O-])cc1C(=O)O. The van der Waals surface area contributed by atoms with E-state index in [0.29, 0.717) is 13.0 Å². The molecule has 0 fully saturated rings. The van der Waals surface area contributed by atoms with Gasteiger partial charge in [-0.3, -0.25) is 10.1 Å². The summed E-state index contributed by atoms with van der Waals surface area (Å²) in [6.45, 7) is 2.36. The second kappa shape index (κ2) is 6.75. The van der Waals surface area contributed by atoms with Crippen LogP contribution in [0.15, 0.2) is 24.3 Å². The molecule has 102 valence electrons. The van der Waals surface area contributed by atoms with Gasteiger partial charge in [0, 0.05) is 18.7 Å². The second-order valence-corrected chi connectivity index (χ2v) is 4.10. The van der Waals surface area contributed by atoms with E-state index >= 15 is 0 Å². The molecule has 0 atom stereocenters. The van der Waals surface area contributed by atoms with Crippen molar-refractivity contribution in [3.8, 4) is 0 Å². The first-order valence-electron chi connectivity index (χ1n) is 5.53. The lowest BCUT2D eigenvalue weighted by atomic mass is 10.1. The predicted octanol–water partition coefficient (Wildman–Crippen LogP) is 3.32. The van der Waals surface area contributed by atoms with Gasteiger partial charge in [0.15, 0.2) is 0 Å². The minimum Gasteiger partial charge on any atom is -0.478 e. The van der Waals surface area contributed by atoms with Gasteiger partial charge in [0.05, 0.1) is 21.2 Å². The summed E-state index contributed by atoms with van der Waals surface area (Å²) in [6.07, 6.45) is 4.48. The zero-order valence-corrected chi connectivity index (χ0v) is 11.0. The Morgan fingerprint density at radius 3 is 2.79 bits per heavy atom. The van der Waals surface area contributed by atoms with E-state index in [2.05, 4.69) is 5.32 Å². The summed E-state index contributed by atoms with van der Waals surface area (Å²) >= 11 is 5.89. The summed E-state index contributed by atoms with van der Waals surface area (Å²) in [5.74, 6) is -1.26. The van der Waals surface area contributed by atoms with Gasteiger partial charge in [0.2, 0.25) is 0 Å². The maximum absolute atomic E-state index is 11.1. The summed E-state index contributed by atoms with van der Waals surface area (Å²) in [7, 11) is 0. The lowest BCUT2D eigenvalue weighted by molar-refractivity contribution is -0.384. The number of halogens is 1. The first kappa shape index (κ1) is 15.0. The molecule has 1 aromatic rings. The Morgan fingerprint density at radius 1 is 1.58 bits per heavy atom. The number of hydrogen-bond acceptors (Lipinski definition) is 4. The number of anilines is 1. The molecular formula is C12H13ClN2O4. The van der Waals surface area contributed by atoms with E-state index in [-0.39, 0.29) is 22.0 Å². The van der Waals surface area contributed by atoms with E-state index in [1.54, 1.807) is 0 Å². The Labute approximate surface area is 114 Å². The standard InChI is InChI=1S/C12H13ClN2O4/c1-2-3-4-5-14-11-9(12(16)17)6-8(15(18)19)7-10(11)13/h2-3,6-7,14H,4-5H2,1H3,(H,16,17)/b3-2+. The molecule has 0 spiro atoms. The van der Waals surface area contributed by atoms with Gasteiger partial charge < -0.3 is 10.4 Å². The second-order valence-electron chi connectivity index (χ2n) is 3.70. The van der Waals surface area contributed by atoms with Crippen molar-refractivity contribution in [3.05, 3.63) is 45.0 Å². The van der Waals surface area contributed by atoms with Crippen molar-refractivity contribution in [3.63, 3.8) is 0 Å². The highest BCUT2D eigenvalue weighted by atomic mass is 35.5. The molecule has 0 aromatic heterocycles. The van der Waals surface area contributed by atoms with Crippen molar-refractivity contribution in [1.82, 2.24) is 0 Å². The topological polar surface area (TPSA) is 92.5 Å². The third kappa shape index (κ3) is 3.96. The molecular weight excluding hydrogens is 272 g/mol. The van der Waals surface area contributed by atoms with E-state index in [0.717, 1.165) is 12.1 Å². The van der Waals surface area contributed by atoms with Gasteiger partial charge in [0.1, 0.15) is 0 Å². The van der Waals surface area contributed by atoms with Crippen LogP contribution in [-0.4, -0.2) is 22.5 Å². The Hall–Kier alpha value is -2.08. The highest BCUT2D eigenvalue weighted by Crippen LogP contribution is 2.31. The number of rotatable bonds is 6. The third-order valence-electron chi connectivity index (χ3n) is 2.36. The van der Waals surface area contributed by atoms with Crippen LogP contribution in [0.3, 0.4) is 0 Å². The summed E-state index contributed by atoms with van der Waals surface area (Å²) in [5, 5.41) is 22.6. The van der Waals surface area contributed by atoms with Gasteiger partial charge >= 0.3 is 5.97 Å². The van der Waals surface area contributed by atoms with Gasteiger partial charge in [-0.2, -0.15) is 0 Å². The smallest absolute Gasteiger partial charge is 0.338 e. The number of aromatic carboxylic acids is 1. The van der Waals surface area contributed by atoms with Crippen LogP contribution in [-0.2, 0) is 0 Å². The number of hydrogen-bond donors (Lipinski definition) is 2. The number of carboxylic acids is 1. The molecule has 0 amide bonds. The van der Waals surface area contributed by atoms with E-state index < -0.39 is 10.9 Å². The fourth-order valence-corrected chi connectivity index (χ4v) is 1.77. The zero-order valence-electron chi connectivity index (χ0n) is 10.2. The van der Waals surface area contributed by atoms with Crippen molar-refractivity contribution in [1.29, 1.82) is 0 Å². The molecule has 0 aliphatic rings. The normalized spacial score (nSPS) is 10.6. The number of nitrogens with one attached hydrogen (secondary N) is 1. The third-order valence-corrected chi connectivity index (χ3v) is 2.66. The number of nitro benzene ring substituents is 1. The quantitative estimate of drug-likeness (QED) is 0.362. The number of carboxylic acid groups (broad SMARTS) is 1. The lowest BCUT2D eigenvalue weighted by Crippen LogP contribution is -2.08. The molecule has 1 aromatic carbocycles.